The normalized spacial score (nSPS) is 21.0. The van der Waals surface area contributed by atoms with Crippen molar-refractivity contribution in [2.24, 2.45) is 0 Å². The minimum atomic E-state index is -1.58. The van der Waals surface area contributed by atoms with Crippen LogP contribution >= 0.6 is 126 Å². The summed E-state index contributed by atoms with van der Waals surface area (Å²) in [7, 11) is 0. The molecule has 0 bridgehead atoms. The number of thiazole rings is 1. The number of pyridine rings is 1. The predicted molar refractivity (Wildman–Crippen MR) is 525 cm³/mol. The number of aliphatic hydroxyl groups excluding tert-OH is 1. The Morgan fingerprint density at radius 2 is 1.05 bits per heavy atom. The van der Waals surface area contributed by atoms with Crippen molar-refractivity contribution in [3.05, 3.63) is 274 Å². The zero-order valence-electron chi connectivity index (χ0n) is 71.4. The van der Waals surface area contributed by atoms with Crippen LogP contribution in [0.15, 0.2) is 152 Å². The number of aliphatic hydroxyl groups is 1. The molecule has 0 saturated carbocycles. The van der Waals surface area contributed by atoms with Gasteiger partial charge >= 0.3 is 5.97 Å². The van der Waals surface area contributed by atoms with Gasteiger partial charge in [0.2, 0.25) is 0 Å². The summed E-state index contributed by atoms with van der Waals surface area (Å²) in [5.74, 6) is -2.47. The number of carbonyl (C=O) groups is 7. The lowest BCUT2D eigenvalue weighted by molar-refractivity contribution is -0.145. The van der Waals surface area contributed by atoms with Crippen LogP contribution in [0.3, 0.4) is 0 Å². The van der Waals surface area contributed by atoms with E-state index in [0.717, 1.165) is 181 Å². The van der Waals surface area contributed by atoms with Crippen molar-refractivity contribution in [3.8, 4) is 0 Å². The number of nitrogens with one attached hydrogen (secondary N) is 5. The molecule has 5 amide bonds. The molecule has 21 rings (SSSR count). The molecule has 11 aromatic rings. The molecule has 7 N–H and O–H groups in total. The molecule has 26 nitrogen and oxygen atoms in total. The fourth-order valence-electron chi connectivity index (χ4n) is 17.9. The van der Waals surface area contributed by atoms with Crippen LogP contribution in [0.1, 0.15) is 150 Å². The molecule has 16 heterocycles. The van der Waals surface area contributed by atoms with Gasteiger partial charge in [0.15, 0.2) is 17.0 Å². The number of aryl methyl sites for hydroxylation is 1. The van der Waals surface area contributed by atoms with E-state index in [2.05, 4.69) is 105 Å². The van der Waals surface area contributed by atoms with Crippen LogP contribution in [0.25, 0.3) is 16.3 Å². The zero-order chi connectivity index (χ0) is 92.0. The Kier molecular flexibility index (Phi) is 30.1. The van der Waals surface area contributed by atoms with Crippen LogP contribution in [-0.4, -0.2) is 231 Å². The monoisotopic (exact) mass is 1990 g/mol. The van der Waals surface area contributed by atoms with Crippen molar-refractivity contribution in [1.29, 1.82) is 0 Å². The van der Waals surface area contributed by atoms with Gasteiger partial charge in [0.05, 0.1) is 145 Å². The summed E-state index contributed by atoms with van der Waals surface area (Å²) >= 11 is 44.1. The molecule has 4 unspecified atom stereocenters. The first kappa shape index (κ1) is 94.2. The Labute approximate surface area is 811 Å². The molecule has 0 radical (unpaired) electrons. The van der Waals surface area contributed by atoms with E-state index in [-0.39, 0.29) is 54.4 Å². The molecule has 10 aliphatic rings. The molecule has 10 aliphatic heterocycles. The molecule has 5 fully saturated rings. The number of carboxylic acid groups (broad SMARTS) is 1. The summed E-state index contributed by atoms with van der Waals surface area (Å²) in [5.41, 5.74) is 10.3. The molecule has 37 heteroatoms. The number of morpholine rings is 5. The molecular weight excluding hydrogens is 1910 g/mol. The number of halogens is 6. The van der Waals surface area contributed by atoms with E-state index in [0.29, 0.717) is 134 Å². The number of carbonyl (C=O) groups excluding carboxylic acids is 6. The van der Waals surface area contributed by atoms with E-state index in [1.54, 1.807) is 41.8 Å². The lowest BCUT2D eigenvalue weighted by atomic mass is 9.71. The predicted octanol–water partition coefficient (Wildman–Crippen LogP) is 16.3. The van der Waals surface area contributed by atoms with Crippen LogP contribution in [0.2, 0.25) is 30.1 Å². The Morgan fingerprint density at radius 3 is 1.63 bits per heavy atom. The third kappa shape index (κ3) is 20.1. The quantitative estimate of drug-likeness (QED) is 0.0370. The molecule has 0 aliphatic carbocycles. The summed E-state index contributed by atoms with van der Waals surface area (Å²) in [5, 5.41) is 44.9. The average molecular weight is 2000 g/mol. The molecule has 5 saturated heterocycles. The number of fused-ring (bicyclic) bond motifs is 6. The second kappa shape index (κ2) is 42.1. The number of amides is 5. The van der Waals surface area contributed by atoms with Crippen molar-refractivity contribution in [3.63, 3.8) is 0 Å². The maximum Gasteiger partial charge on any atom is 0.330 e. The average Bonchev–Trinajstić information content (AvgIpc) is 1.29. The zero-order valence-corrected chi connectivity index (χ0v) is 80.1. The summed E-state index contributed by atoms with van der Waals surface area (Å²) in [4.78, 5) is 111. The van der Waals surface area contributed by atoms with Gasteiger partial charge in [0.1, 0.15) is 9.88 Å². The number of aldehydes is 1. The number of hydrogen-bond donors (Lipinski definition) is 7. The number of aliphatic carboxylic acids is 1. The highest BCUT2D eigenvalue weighted by atomic mass is 35.5. The van der Waals surface area contributed by atoms with Crippen LogP contribution in [0.5, 0.6) is 0 Å². The summed E-state index contributed by atoms with van der Waals surface area (Å²) in [6.07, 6.45) is 8.16. The highest BCUT2D eigenvalue weighted by Crippen LogP contribution is 2.51. The Balaban J connectivity index is 0.000000115. The van der Waals surface area contributed by atoms with E-state index in [1.807, 2.05) is 73.8 Å². The van der Waals surface area contributed by atoms with E-state index in [4.69, 9.17) is 98.3 Å². The smallest absolute Gasteiger partial charge is 0.330 e. The van der Waals surface area contributed by atoms with Crippen LogP contribution in [-0.2, 0) is 28.5 Å². The summed E-state index contributed by atoms with van der Waals surface area (Å²) in [6.45, 7) is 21.8. The van der Waals surface area contributed by atoms with Gasteiger partial charge < -0.3 is 85.0 Å². The number of hydrogen-bond acceptors (Lipinski definition) is 25. The second-order valence-corrected chi connectivity index (χ2v) is 40.1. The standard InChI is InChI=1S/C21H20Cl2N2O4S.C20H18N4O2S.C18H18Cl2N2O3S.C18H17ClN2O3S.C18H19ClN2O2S/c1-2-5-21(20(27)28)17(12-3-4-14(22)15(23)10-12)13-11-16(25-6-8-29-9-7-25)30-18(13)19(26)24-21;25-19-18-17(23-20(27-18)24-7-9-26-10-8-24)16(4-6-22-19)14-2-1-13-3-5-21-12-15(13)11-14;19-12-2-1-10(7-13(12)20)16-11-8-15(22-3-5-25-6-4-22)26-17(11)18(24)21-14(16)9-23;19-12-3-1-11(2-4-12)13-9-20-17(23)16-15(13)14(10-22)18(25-16)21-5-7-24-8-6-21;1-11-8-12(2-3-15(11)19)14-10-20-18(22)17-13(14)9-16(24-17)21-4-6-23-7-5-21/h2-4,10-11,17H,1,5-9H2,(H,24,26)(H,27,28);1-5,11-12H,6-10H2,(H,22,25);1-2,7-8,14,16,23H,3-6,9H2,(H,21,24);1-4,10,13H,5-9H2,(H,20,23);2-3,8-9,14H,4-7,10H2,1H3,(H,20,22)/t;;14-,16+;;/m..0../s1. The van der Waals surface area contributed by atoms with Gasteiger partial charge in [-0.3, -0.25) is 33.8 Å². The fourth-order valence-corrected chi connectivity index (χ4v) is 24.6. The van der Waals surface area contributed by atoms with Crippen LogP contribution < -0.4 is 51.1 Å². The van der Waals surface area contributed by atoms with Crippen molar-refractivity contribution in [2.45, 2.75) is 48.6 Å². The molecule has 132 heavy (non-hydrogen) atoms. The number of ether oxygens (including phenoxy) is 5. The first-order valence-electron chi connectivity index (χ1n) is 43.1. The molecule has 6 atom stereocenters. The van der Waals surface area contributed by atoms with E-state index < -0.39 is 29.4 Å². The highest BCUT2D eigenvalue weighted by Gasteiger charge is 2.53. The Hall–Kier alpha value is -9.59. The molecule has 5 aromatic carbocycles. The van der Waals surface area contributed by atoms with Gasteiger partial charge in [-0.15, -0.1) is 51.9 Å². The van der Waals surface area contributed by atoms with Crippen LogP contribution in [0, 0.1) is 6.92 Å². The maximum atomic E-state index is 13.0. The second-order valence-electron chi connectivity index (χ2n) is 32.6. The number of thiophene rings is 4. The first-order valence-corrected chi connectivity index (χ1v) is 49.5. The lowest BCUT2D eigenvalue weighted by Crippen LogP contribution is -2.61. The van der Waals surface area contributed by atoms with E-state index in [1.165, 1.54) is 57.0 Å². The highest BCUT2D eigenvalue weighted by molar-refractivity contribution is 7.20. The Morgan fingerprint density at radius 1 is 0.523 bits per heavy atom. The minimum Gasteiger partial charge on any atom is -0.479 e. The van der Waals surface area contributed by atoms with Crippen molar-refractivity contribution in [1.82, 2.24) is 36.6 Å². The van der Waals surface area contributed by atoms with Crippen molar-refractivity contribution >= 4 is 210 Å². The van der Waals surface area contributed by atoms with Gasteiger partial charge in [-0.1, -0.05) is 142 Å². The number of nitrogens with zero attached hydrogens (tertiary/aromatic N) is 7. The fraction of sp³-hybridized carbons (Fsp3) is 0.337. The Bertz CT molecular complexity index is 6220. The third-order valence-corrected chi connectivity index (χ3v) is 32.8. The molecular formula is C95H92Cl6N12O14S5. The van der Waals surface area contributed by atoms with E-state index in [9.17, 15) is 43.8 Å². The van der Waals surface area contributed by atoms with Gasteiger partial charge in [-0.05, 0) is 147 Å². The number of rotatable bonds is 15. The summed E-state index contributed by atoms with van der Waals surface area (Å²) < 4.78 is 27.1. The molecule has 6 aromatic heterocycles. The SMILES string of the molecule is C=CCC1(C(=O)O)NC(=O)c2sc(N3CCOCC3)cc2C1c1ccc(Cl)c(Cl)c1.Cc1cc(C2CNC(=O)c3sc(N4CCOCC4)cc32)ccc1Cl.O=C1NCC=C(c2ccc3ccncc3c2)c2nc(N3CCOCC3)sc21.O=C1N[C@@H](CO)[C@H](c2ccc(Cl)c(Cl)c2)c2cc(N3CCOCC3)sc21.O=Cc1c(N2CCOCC2)sc2c1C(c1ccc(Cl)cc1)CNC2=O. The van der Waals surface area contributed by atoms with Gasteiger partial charge in [0.25, 0.3) is 29.5 Å². The van der Waals surface area contributed by atoms with Crippen molar-refractivity contribution in [2.75, 3.05) is 182 Å². The summed E-state index contributed by atoms with van der Waals surface area (Å²) in [6, 6.07) is 38.3. The number of aromatic nitrogens is 2. The number of anilines is 5. The molecule has 0 spiro atoms. The lowest BCUT2D eigenvalue weighted by Gasteiger charge is -2.41. The third-order valence-electron chi connectivity index (χ3n) is 24.6. The maximum absolute atomic E-state index is 13.0. The number of carboxylic acids is 1. The van der Waals surface area contributed by atoms with Gasteiger partial charge in [-0.2, -0.15) is 0 Å². The van der Waals surface area contributed by atoms with Gasteiger partial charge in [0, 0.05) is 142 Å². The topological polar surface area (TPSA) is 308 Å². The van der Waals surface area contributed by atoms with Crippen LogP contribution in [0.4, 0.5) is 25.1 Å². The largest absolute Gasteiger partial charge is 0.479 e. The first-order chi connectivity index (χ1) is 64.1. The minimum absolute atomic E-state index is 0.0384. The number of benzene rings is 5. The van der Waals surface area contributed by atoms with Gasteiger partial charge in [-0.25, -0.2) is 9.78 Å². The van der Waals surface area contributed by atoms with Crippen molar-refractivity contribution < 1.29 is 67.5 Å². The molecule has 688 valence electrons. The van der Waals surface area contributed by atoms with E-state index >= 15 is 0 Å².